The van der Waals surface area contributed by atoms with E-state index >= 15 is 0 Å². The average molecular weight is 226 g/mol. The summed E-state index contributed by atoms with van der Waals surface area (Å²) >= 11 is 0. The molecule has 0 saturated heterocycles. The van der Waals surface area contributed by atoms with E-state index in [1.54, 1.807) is 0 Å². The Hall–Kier alpha value is -1.12. The van der Waals surface area contributed by atoms with Crippen LogP contribution in [0.3, 0.4) is 0 Å². The minimum absolute atomic E-state index is 0.000825. The molecular weight excluding hydrogens is 204 g/mol. The molecule has 0 aromatic heterocycles. The van der Waals surface area contributed by atoms with Gasteiger partial charge in [-0.25, -0.2) is 4.79 Å². The van der Waals surface area contributed by atoms with Crippen molar-refractivity contribution in [2.24, 2.45) is 0 Å². The zero-order valence-electron chi connectivity index (χ0n) is 10.3. The molecular formula is C13H22O3. The van der Waals surface area contributed by atoms with E-state index in [4.69, 9.17) is 0 Å². The van der Waals surface area contributed by atoms with Gasteiger partial charge in [0.05, 0.1) is 7.11 Å². The maximum absolute atomic E-state index is 11.3. The third-order valence-electron chi connectivity index (χ3n) is 2.38. The predicted molar refractivity (Wildman–Crippen MR) is 64.2 cm³/mol. The SMILES string of the molecule is CCCCCCCCC(=O)/C=C/C(=O)OC. The summed E-state index contributed by atoms with van der Waals surface area (Å²) in [5, 5.41) is 0. The van der Waals surface area contributed by atoms with Crippen molar-refractivity contribution in [1.29, 1.82) is 0 Å². The molecule has 0 amide bonds. The maximum atomic E-state index is 11.3. The first-order valence-electron chi connectivity index (χ1n) is 5.99. The summed E-state index contributed by atoms with van der Waals surface area (Å²) in [6.07, 6.45) is 9.98. The number of methoxy groups -OCH3 is 1. The van der Waals surface area contributed by atoms with E-state index in [2.05, 4.69) is 11.7 Å². The molecule has 0 spiro atoms. The van der Waals surface area contributed by atoms with Gasteiger partial charge < -0.3 is 4.74 Å². The van der Waals surface area contributed by atoms with Gasteiger partial charge in [-0.2, -0.15) is 0 Å². The largest absolute Gasteiger partial charge is 0.466 e. The van der Waals surface area contributed by atoms with E-state index in [0.717, 1.165) is 12.8 Å². The number of hydrogen-bond donors (Lipinski definition) is 0. The topological polar surface area (TPSA) is 43.4 Å². The number of allylic oxidation sites excluding steroid dienone is 1. The quantitative estimate of drug-likeness (QED) is 0.345. The third kappa shape index (κ3) is 9.44. The van der Waals surface area contributed by atoms with Crippen molar-refractivity contribution in [3.63, 3.8) is 0 Å². The summed E-state index contributed by atoms with van der Waals surface area (Å²) in [6.45, 7) is 2.18. The second-order valence-electron chi connectivity index (χ2n) is 3.84. The van der Waals surface area contributed by atoms with Crippen LogP contribution in [-0.4, -0.2) is 18.9 Å². The Morgan fingerprint density at radius 3 is 2.25 bits per heavy atom. The summed E-state index contributed by atoms with van der Waals surface area (Å²) in [6, 6.07) is 0. The number of ether oxygens (including phenoxy) is 1. The summed E-state index contributed by atoms with van der Waals surface area (Å²) in [5.41, 5.74) is 0. The van der Waals surface area contributed by atoms with Crippen LogP contribution in [0.4, 0.5) is 0 Å². The minimum atomic E-state index is -0.476. The van der Waals surface area contributed by atoms with Gasteiger partial charge in [0, 0.05) is 12.5 Å². The number of carbonyl (C=O) groups is 2. The van der Waals surface area contributed by atoms with Crippen LogP contribution in [0.2, 0.25) is 0 Å². The summed E-state index contributed by atoms with van der Waals surface area (Å²) < 4.78 is 4.39. The normalized spacial score (nSPS) is 10.6. The van der Waals surface area contributed by atoms with E-state index in [9.17, 15) is 9.59 Å². The fourth-order valence-electron chi connectivity index (χ4n) is 1.39. The van der Waals surface area contributed by atoms with Crippen molar-refractivity contribution < 1.29 is 14.3 Å². The van der Waals surface area contributed by atoms with Crippen molar-refractivity contribution in [1.82, 2.24) is 0 Å². The van der Waals surface area contributed by atoms with Gasteiger partial charge in [-0.3, -0.25) is 4.79 Å². The molecule has 3 nitrogen and oxygen atoms in total. The Morgan fingerprint density at radius 2 is 1.62 bits per heavy atom. The van der Waals surface area contributed by atoms with Crippen LogP contribution >= 0.6 is 0 Å². The van der Waals surface area contributed by atoms with Crippen molar-refractivity contribution in [3.05, 3.63) is 12.2 Å². The highest BCUT2D eigenvalue weighted by molar-refractivity contribution is 5.95. The van der Waals surface area contributed by atoms with E-state index in [-0.39, 0.29) is 5.78 Å². The molecule has 0 fully saturated rings. The average Bonchev–Trinajstić information content (AvgIpc) is 2.30. The summed E-state index contributed by atoms with van der Waals surface area (Å²) in [4.78, 5) is 22.0. The Balaban J connectivity index is 3.44. The van der Waals surface area contributed by atoms with Gasteiger partial charge in [-0.1, -0.05) is 39.0 Å². The van der Waals surface area contributed by atoms with Gasteiger partial charge >= 0.3 is 5.97 Å². The van der Waals surface area contributed by atoms with Gasteiger partial charge in [0.2, 0.25) is 0 Å². The van der Waals surface area contributed by atoms with Crippen LogP contribution in [0.15, 0.2) is 12.2 Å². The van der Waals surface area contributed by atoms with Crippen LogP contribution in [0.1, 0.15) is 51.9 Å². The van der Waals surface area contributed by atoms with Crippen LogP contribution in [0.5, 0.6) is 0 Å². The Bertz CT molecular complexity index is 231. The lowest BCUT2D eigenvalue weighted by Gasteiger charge is -1.98. The second-order valence-corrected chi connectivity index (χ2v) is 3.84. The molecule has 0 atom stereocenters. The van der Waals surface area contributed by atoms with Crippen LogP contribution in [0, 0.1) is 0 Å². The number of hydrogen-bond acceptors (Lipinski definition) is 3. The molecule has 0 heterocycles. The van der Waals surface area contributed by atoms with Crippen molar-refractivity contribution in [2.45, 2.75) is 51.9 Å². The molecule has 0 aromatic rings. The van der Waals surface area contributed by atoms with E-state index in [0.29, 0.717) is 6.42 Å². The zero-order valence-corrected chi connectivity index (χ0v) is 10.3. The van der Waals surface area contributed by atoms with Gasteiger partial charge in [-0.15, -0.1) is 0 Å². The first-order chi connectivity index (χ1) is 7.70. The third-order valence-corrected chi connectivity index (χ3v) is 2.38. The predicted octanol–water partition coefficient (Wildman–Crippen LogP) is 3.04. The lowest BCUT2D eigenvalue weighted by molar-refractivity contribution is -0.135. The van der Waals surface area contributed by atoms with Gasteiger partial charge in [0.1, 0.15) is 0 Å². The number of esters is 1. The standard InChI is InChI=1S/C13H22O3/c1-3-4-5-6-7-8-9-12(14)10-11-13(15)16-2/h10-11H,3-9H2,1-2H3/b11-10+. The highest BCUT2D eigenvalue weighted by Gasteiger charge is 1.98. The molecule has 92 valence electrons. The lowest BCUT2D eigenvalue weighted by Crippen LogP contribution is -1.98. The van der Waals surface area contributed by atoms with Gasteiger partial charge in [0.15, 0.2) is 5.78 Å². The first-order valence-corrected chi connectivity index (χ1v) is 5.99. The monoisotopic (exact) mass is 226 g/mol. The molecule has 0 radical (unpaired) electrons. The molecule has 0 saturated carbocycles. The Morgan fingerprint density at radius 1 is 1.00 bits per heavy atom. The molecule has 0 rings (SSSR count). The highest BCUT2D eigenvalue weighted by atomic mass is 16.5. The molecule has 0 aliphatic rings. The molecule has 0 aliphatic heterocycles. The van der Waals surface area contributed by atoms with E-state index in [1.807, 2.05) is 0 Å². The van der Waals surface area contributed by atoms with Crippen molar-refractivity contribution in [3.8, 4) is 0 Å². The van der Waals surface area contributed by atoms with Crippen molar-refractivity contribution in [2.75, 3.05) is 7.11 Å². The maximum Gasteiger partial charge on any atom is 0.330 e. The van der Waals surface area contributed by atoms with Crippen molar-refractivity contribution >= 4 is 11.8 Å². The smallest absolute Gasteiger partial charge is 0.330 e. The fourth-order valence-corrected chi connectivity index (χ4v) is 1.39. The molecule has 0 aliphatic carbocycles. The molecule has 0 aromatic carbocycles. The Labute approximate surface area is 97.9 Å². The molecule has 0 unspecified atom stereocenters. The number of unbranched alkanes of at least 4 members (excludes halogenated alkanes) is 5. The lowest BCUT2D eigenvalue weighted by atomic mass is 10.1. The van der Waals surface area contributed by atoms with E-state index in [1.165, 1.54) is 44.9 Å². The fraction of sp³-hybridized carbons (Fsp3) is 0.692. The molecule has 0 bridgehead atoms. The molecule has 3 heteroatoms. The van der Waals surface area contributed by atoms with Crippen LogP contribution in [0.25, 0.3) is 0 Å². The van der Waals surface area contributed by atoms with Gasteiger partial charge in [0.25, 0.3) is 0 Å². The first kappa shape index (κ1) is 14.9. The van der Waals surface area contributed by atoms with E-state index < -0.39 is 5.97 Å². The van der Waals surface area contributed by atoms with Gasteiger partial charge in [-0.05, 0) is 12.5 Å². The number of carbonyl (C=O) groups excluding carboxylic acids is 2. The summed E-state index contributed by atoms with van der Waals surface area (Å²) in [5.74, 6) is -0.475. The zero-order chi connectivity index (χ0) is 12.2. The molecule has 16 heavy (non-hydrogen) atoms. The highest BCUT2D eigenvalue weighted by Crippen LogP contribution is 2.07. The second kappa shape index (κ2) is 10.4. The summed E-state index contributed by atoms with van der Waals surface area (Å²) in [7, 11) is 1.30. The Kier molecular flexibility index (Phi) is 9.67. The number of ketones is 1. The minimum Gasteiger partial charge on any atom is -0.466 e. The number of rotatable bonds is 9. The van der Waals surface area contributed by atoms with Crippen LogP contribution in [-0.2, 0) is 14.3 Å². The van der Waals surface area contributed by atoms with Crippen LogP contribution < -0.4 is 0 Å². The molecule has 0 N–H and O–H groups in total.